The molecule has 0 saturated carbocycles. The van der Waals surface area contributed by atoms with Crippen LogP contribution in [0.25, 0.3) is 0 Å². The number of hydrogen-bond acceptors (Lipinski definition) is 2. The molecule has 2 atom stereocenters. The lowest BCUT2D eigenvalue weighted by atomic mass is 10.0. The average molecular weight is 207 g/mol. The topological polar surface area (TPSA) is 21.3 Å². The molecule has 1 N–H and O–H groups in total. The Labute approximate surface area is 92.6 Å². The molecule has 0 spiro atoms. The molecule has 0 aliphatic heterocycles. The Bertz CT molecular complexity index is 260. The van der Waals surface area contributed by atoms with E-state index in [0.29, 0.717) is 6.04 Å². The third-order valence-corrected chi connectivity index (χ3v) is 2.66. The highest BCUT2D eigenvalue weighted by Gasteiger charge is 2.09. The summed E-state index contributed by atoms with van der Waals surface area (Å²) in [6.45, 7) is 5.16. The van der Waals surface area contributed by atoms with Gasteiger partial charge in [-0.25, -0.2) is 0 Å². The second-order valence-electron chi connectivity index (χ2n) is 3.83. The summed E-state index contributed by atoms with van der Waals surface area (Å²) in [5.41, 5.74) is 1.35. The van der Waals surface area contributed by atoms with Gasteiger partial charge in [-0.15, -0.1) is 0 Å². The smallest absolute Gasteiger partial charge is 0.0667 e. The summed E-state index contributed by atoms with van der Waals surface area (Å²) in [5, 5.41) is 3.51. The van der Waals surface area contributed by atoms with Crippen LogP contribution in [0, 0.1) is 0 Å². The van der Waals surface area contributed by atoms with Crippen LogP contribution in [0.1, 0.15) is 31.9 Å². The normalized spacial score (nSPS) is 14.9. The maximum atomic E-state index is 5.22. The van der Waals surface area contributed by atoms with Gasteiger partial charge in [-0.3, -0.25) is 0 Å². The average Bonchev–Trinajstić information content (AvgIpc) is 2.31. The molecule has 1 rings (SSSR count). The second-order valence-corrected chi connectivity index (χ2v) is 3.83. The van der Waals surface area contributed by atoms with Crippen molar-refractivity contribution in [2.75, 3.05) is 13.7 Å². The standard InChI is InChI=1S/C13H21NO/c1-4-13(14-10-11(2)15-3)12-8-6-5-7-9-12/h5-9,11,13-14H,4,10H2,1-3H3. The first kappa shape index (κ1) is 12.2. The van der Waals surface area contributed by atoms with Crippen molar-refractivity contribution < 1.29 is 4.74 Å². The van der Waals surface area contributed by atoms with E-state index in [1.807, 2.05) is 6.07 Å². The van der Waals surface area contributed by atoms with Gasteiger partial charge in [0.15, 0.2) is 0 Å². The number of nitrogens with one attached hydrogen (secondary N) is 1. The molecule has 2 heteroatoms. The van der Waals surface area contributed by atoms with Crippen molar-refractivity contribution in [3.05, 3.63) is 35.9 Å². The van der Waals surface area contributed by atoms with Gasteiger partial charge < -0.3 is 10.1 Å². The van der Waals surface area contributed by atoms with E-state index in [-0.39, 0.29) is 6.10 Å². The molecule has 0 fully saturated rings. The zero-order valence-corrected chi connectivity index (χ0v) is 9.86. The summed E-state index contributed by atoms with van der Waals surface area (Å²) in [7, 11) is 1.75. The third-order valence-electron chi connectivity index (χ3n) is 2.66. The van der Waals surface area contributed by atoms with Gasteiger partial charge in [-0.1, -0.05) is 37.3 Å². The van der Waals surface area contributed by atoms with Crippen molar-refractivity contribution in [2.45, 2.75) is 32.4 Å². The molecule has 0 radical (unpaired) electrons. The molecule has 0 bridgehead atoms. The van der Waals surface area contributed by atoms with E-state index in [1.54, 1.807) is 7.11 Å². The van der Waals surface area contributed by atoms with Crippen molar-refractivity contribution in [3.8, 4) is 0 Å². The fourth-order valence-corrected chi connectivity index (χ4v) is 1.57. The molecule has 0 aliphatic carbocycles. The minimum atomic E-state index is 0.266. The fourth-order valence-electron chi connectivity index (χ4n) is 1.57. The maximum absolute atomic E-state index is 5.22. The van der Waals surface area contributed by atoms with Crippen LogP contribution in [0.3, 0.4) is 0 Å². The lowest BCUT2D eigenvalue weighted by molar-refractivity contribution is 0.114. The molecular weight excluding hydrogens is 186 g/mol. The van der Waals surface area contributed by atoms with E-state index < -0.39 is 0 Å². The van der Waals surface area contributed by atoms with E-state index >= 15 is 0 Å². The van der Waals surface area contributed by atoms with Gasteiger partial charge in [0.05, 0.1) is 6.10 Å². The quantitative estimate of drug-likeness (QED) is 0.774. The van der Waals surface area contributed by atoms with Crippen LogP contribution >= 0.6 is 0 Å². The highest BCUT2D eigenvalue weighted by molar-refractivity contribution is 5.18. The minimum absolute atomic E-state index is 0.266. The number of benzene rings is 1. The van der Waals surface area contributed by atoms with Gasteiger partial charge in [-0.2, -0.15) is 0 Å². The molecular formula is C13H21NO. The first-order valence-electron chi connectivity index (χ1n) is 5.59. The monoisotopic (exact) mass is 207 g/mol. The van der Waals surface area contributed by atoms with E-state index in [1.165, 1.54) is 5.56 Å². The molecule has 15 heavy (non-hydrogen) atoms. The Kier molecular flexibility index (Phi) is 5.37. The van der Waals surface area contributed by atoms with Gasteiger partial charge >= 0.3 is 0 Å². The first-order chi connectivity index (χ1) is 7.27. The number of rotatable bonds is 6. The summed E-state index contributed by atoms with van der Waals surface area (Å²) in [4.78, 5) is 0. The van der Waals surface area contributed by atoms with Crippen molar-refractivity contribution in [1.82, 2.24) is 5.32 Å². The molecule has 2 unspecified atom stereocenters. The molecule has 0 heterocycles. The fraction of sp³-hybridized carbons (Fsp3) is 0.538. The third kappa shape index (κ3) is 4.02. The van der Waals surface area contributed by atoms with Crippen LogP contribution in [-0.2, 0) is 4.74 Å². The van der Waals surface area contributed by atoms with Crippen LogP contribution in [0.4, 0.5) is 0 Å². The molecule has 84 valence electrons. The molecule has 2 nitrogen and oxygen atoms in total. The minimum Gasteiger partial charge on any atom is -0.380 e. The Morgan fingerprint density at radius 3 is 2.47 bits per heavy atom. The van der Waals surface area contributed by atoms with Gasteiger partial charge in [0, 0.05) is 19.7 Å². The zero-order chi connectivity index (χ0) is 11.1. The van der Waals surface area contributed by atoms with E-state index in [2.05, 4.69) is 43.4 Å². The number of hydrogen-bond donors (Lipinski definition) is 1. The van der Waals surface area contributed by atoms with Crippen molar-refractivity contribution in [2.24, 2.45) is 0 Å². The van der Waals surface area contributed by atoms with Gasteiger partial charge in [0.1, 0.15) is 0 Å². The molecule has 0 saturated heterocycles. The number of ether oxygens (including phenoxy) is 1. The summed E-state index contributed by atoms with van der Waals surface area (Å²) in [6, 6.07) is 11.0. The molecule has 1 aromatic rings. The number of methoxy groups -OCH3 is 1. The largest absolute Gasteiger partial charge is 0.380 e. The van der Waals surface area contributed by atoms with E-state index in [0.717, 1.165) is 13.0 Å². The summed E-state index contributed by atoms with van der Waals surface area (Å²) in [6.07, 6.45) is 1.36. The van der Waals surface area contributed by atoms with E-state index in [4.69, 9.17) is 4.74 Å². The van der Waals surface area contributed by atoms with Crippen LogP contribution in [0.15, 0.2) is 30.3 Å². The Morgan fingerprint density at radius 2 is 1.93 bits per heavy atom. The SMILES string of the molecule is CCC(NCC(C)OC)c1ccccc1. The van der Waals surface area contributed by atoms with Gasteiger partial charge in [-0.05, 0) is 18.9 Å². The Balaban J connectivity index is 2.50. The summed E-state index contributed by atoms with van der Waals surface area (Å²) in [5.74, 6) is 0. The molecule has 0 amide bonds. The van der Waals surface area contributed by atoms with Crippen LogP contribution in [0.2, 0.25) is 0 Å². The lowest BCUT2D eigenvalue weighted by Gasteiger charge is -2.19. The van der Waals surface area contributed by atoms with Crippen molar-refractivity contribution in [1.29, 1.82) is 0 Å². The Hall–Kier alpha value is -0.860. The van der Waals surface area contributed by atoms with Gasteiger partial charge in [0.25, 0.3) is 0 Å². The summed E-state index contributed by atoms with van der Waals surface area (Å²) < 4.78 is 5.22. The lowest BCUT2D eigenvalue weighted by Crippen LogP contribution is -2.29. The predicted octanol–water partition coefficient (Wildman–Crippen LogP) is 2.76. The summed E-state index contributed by atoms with van der Waals surface area (Å²) >= 11 is 0. The zero-order valence-electron chi connectivity index (χ0n) is 9.86. The van der Waals surface area contributed by atoms with Crippen molar-refractivity contribution >= 4 is 0 Å². The van der Waals surface area contributed by atoms with Crippen LogP contribution < -0.4 is 5.32 Å². The van der Waals surface area contributed by atoms with Crippen molar-refractivity contribution in [3.63, 3.8) is 0 Å². The highest BCUT2D eigenvalue weighted by atomic mass is 16.5. The molecule has 1 aromatic carbocycles. The van der Waals surface area contributed by atoms with Gasteiger partial charge in [0.2, 0.25) is 0 Å². The molecule has 0 aromatic heterocycles. The van der Waals surface area contributed by atoms with E-state index in [9.17, 15) is 0 Å². The molecule has 0 aliphatic rings. The highest BCUT2D eigenvalue weighted by Crippen LogP contribution is 2.15. The van der Waals surface area contributed by atoms with Crippen LogP contribution in [-0.4, -0.2) is 19.8 Å². The van der Waals surface area contributed by atoms with Crippen LogP contribution in [0.5, 0.6) is 0 Å². The first-order valence-corrected chi connectivity index (χ1v) is 5.59. The predicted molar refractivity (Wildman–Crippen MR) is 63.9 cm³/mol. The second kappa shape index (κ2) is 6.59. The Morgan fingerprint density at radius 1 is 1.27 bits per heavy atom. The maximum Gasteiger partial charge on any atom is 0.0667 e.